The van der Waals surface area contributed by atoms with E-state index in [4.69, 9.17) is 0 Å². The van der Waals surface area contributed by atoms with Crippen LogP contribution in [0.4, 0.5) is 5.69 Å². The summed E-state index contributed by atoms with van der Waals surface area (Å²) in [5.41, 5.74) is 2.41. The molecular weight excluding hydrogens is 230 g/mol. The van der Waals surface area contributed by atoms with E-state index >= 15 is 0 Å². The Hall–Kier alpha value is -1.24. The Balaban J connectivity index is 2.03. The topological polar surface area (TPSA) is 12.0 Å². The summed E-state index contributed by atoms with van der Waals surface area (Å²) >= 11 is 0. The largest absolute Gasteiger partial charge is 0.385 e. The lowest BCUT2D eigenvalue weighted by molar-refractivity contribution is 0.581. The first-order chi connectivity index (χ1) is 9.38. The van der Waals surface area contributed by atoms with Crippen molar-refractivity contribution in [3.05, 3.63) is 36.4 Å². The molecule has 1 aromatic carbocycles. The fraction of sp³-hybridized carbons (Fsp3) is 0.556. The highest BCUT2D eigenvalue weighted by Gasteiger charge is 1.96. The van der Waals surface area contributed by atoms with Gasteiger partial charge < -0.3 is 5.32 Å². The number of rotatable bonds is 11. The van der Waals surface area contributed by atoms with Crippen LogP contribution in [0.25, 0.3) is 6.08 Å². The lowest BCUT2D eigenvalue weighted by Crippen LogP contribution is -2.02. The van der Waals surface area contributed by atoms with Gasteiger partial charge in [0, 0.05) is 12.2 Å². The average Bonchev–Trinajstić information content (AvgIpc) is 2.46. The second-order valence-electron chi connectivity index (χ2n) is 5.19. The number of anilines is 1. The van der Waals surface area contributed by atoms with Crippen molar-refractivity contribution < 1.29 is 0 Å². The van der Waals surface area contributed by atoms with Crippen LogP contribution in [0.15, 0.2) is 30.8 Å². The van der Waals surface area contributed by atoms with E-state index in [0.717, 1.165) is 6.54 Å². The number of hydrogen-bond donors (Lipinski definition) is 1. The van der Waals surface area contributed by atoms with Crippen LogP contribution < -0.4 is 5.32 Å². The Kier molecular flexibility index (Phi) is 8.87. The molecule has 1 nitrogen and oxygen atoms in total. The molecule has 1 heteroatoms. The molecule has 1 N–H and O–H groups in total. The molecule has 1 aromatic rings. The van der Waals surface area contributed by atoms with Gasteiger partial charge in [0.05, 0.1) is 0 Å². The van der Waals surface area contributed by atoms with Crippen LogP contribution in [0, 0.1) is 0 Å². The molecule has 0 unspecified atom stereocenters. The summed E-state index contributed by atoms with van der Waals surface area (Å²) < 4.78 is 0. The van der Waals surface area contributed by atoms with E-state index in [2.05, 4.69) is 43.1 Å². The summed E-state index contributed by atoms with van der Waals surface area (Å²) in [4.78, 5) is 0. The smallest absolute Gasteiger partial charge is 0.0413 e. The zero-order chi connectivity index (χ0) is 13.8. The Bertz CT molecular complexity index is 343. The molecule has 19 heavy (non-hydrogen) atoms. The van der Waals surface area contributed by atoms with Crippen LogP contribution in [0.3, 0.4) is 0 Å². The summed E-state index contributed by atoms with van der Waals surface area (Å²) in [5.74, 6) is 0. The molecule has 0 aliphatic carbocycles. The third-order valence-corrected chi connectivity index (χ3v) is 3.53. The maximum Gasteiger partial charge on any atom is 0.0413 e. The van der Waals surface area contributed by atoms with E-state index in [1.54, 1.807) is 0 Å². The van der Waals surface area contributed by atoms with Crippen molar-refractivity contribution in [3.8, 4) is 0 Å². The van der Waals surface area contributed by atoms with Crippen molar-refractivity contribution in [3.63, 3.8) is 0 Å². The first kappa shape index (κ1) is 15.8. The predicted molar refractivity (Wildman–Crippen MR) is 87.6 cm³/mol. The summed E-state index contributed by atoms with van der Waals surface area (Å²) in [7, 11) is 0. The molecule has 1 rings (SSSR count). The molecule has 0 heterocycles. The Morgan fingerprint density at radius 1 is 0.947 bits per heavy atom. The minimum atomic E-state index is 1.07. The first-order valence-corrected chi connectivity index (χ1v) is 7.83. The molecule has 0 aliphatic rings. The van der Waals surface area contributed by atoms with Gasteiger partial charge in [-0.3, -0.25) is 0 Å². The first-order valence-electron chi connectivity index (χ1n) is 7.83. The van der Waals surface area contributed by atoms with Crippen LogP contribution in [0.5, 0.6) is 0 Å². The van der Waals surface area contributed by atoms with Crippen molar-refractivity contribution in [2.24, 2.45) is 0 Å². The molecule has 106 valence electrons. The zero-order valence-corrected chi connectivity index (χ0v) is 12.5. The van der Waals surface area contributed by atoms with Crippen LogP contribution in [0.1, 0.15) is 63.9 Å². The van der Waals surface area contributed by atoms with Gasteiger partial charge in [-0.1, -0.05) is 82.7 Å². The third kappa shape index (κ3) is 7.05. The van der Waals surface area contributed by atoms with Crippen molar-refractivity contribution in [2.45, 2.75) is 58.3 Å². The molecular formula is C18H29N. The summed E-state index contributed by atoms with van der Waals surface area (Å²) in [5, 5.41) is 3.50. The van der Waals surface area contributed by atoms with E-state index in [1.165, 1.54) is 62.6 Å². The molecule has 0 aliphatic heterocycles. The summed E-state index contributed by atoms with van der Waals surface area (Å²) in [6.45, 7) is 7.18. The summed E-state index contributed by atoms with van der Waals surface area (Å²) in [6, 6.07) is 8.35. The Labute approximate surface area is 119 Å². The van der Waals surface area contributed by atoms with Gasteiger partial charge in [0.1, 0.15) is 0 Å². The molecule has 0 amide bonds. The lowest BCUT2D eigenvalue weighted by atomic mass is 10.1. The van der Waals surface area contributed by atoms with E-state index in [0.29, 0.717) is 0 Å². The average molecular weight is 259 g/mol. The quantitative estimate of drug-likeness (QED) is 0.489. The maximum atomic E-state index is 3.84. The predicted octanol–water partition coefficient (Wildman–Crippen LogP) is 5.88. The van der Waals surface area contributed by atoms with Crippen LogP contribution in [-0.4, -0.2) is 6.54 Å². The maximum absolute atomic E-state index is 3.84. The van der Waals surface area contributed by atoms with E-state index in [9.17, 15) is 0 Å². The van der Waals surface area contributed by atoms with Gasteiger partial charge in [-0.25, -0.2) is 0 Å². The normalized spacial score (nSPS) is 10.4. The number of nitrogens with one attached hydrogen (secondary N) is 1. The molecule has 0 atom stereocenters. The van der Waals surface area contributed by atoms with E-state index < -0.39 is 0 Å². The molecule has 0 spiro atoms. The molecule has 0 saturated carbocycles. The molecule has 0 aromatic heterocycles. The van der Waals surface area contributed by atoms with Gasteiger partial charge in [0.15, 0.2) is 0 Å². The SMILES string of the molecule is C=Cc1ccccc1NCCCCCCCCCC. The monoisotopic (exact) mass is 259 g/mol. The highest BCUT2D eigenvalue weighted by Crippen LogP contribution is 2.16. The third-order valence-electron chi connectivity index (χ3n) is 3.53. The fourth-order valence-corrected chi connectivity index (χ4v) is 2.32. The lowest BCUT2D eigenvalue weighted by Gasteiger charge is -2.09. The zero-order valence-electron chi connectivity index (χ0n) is 12.5. The van der Waals surface area contributed by atoms with Crippen molar-refractivity contribution in [1.82, 2.24) is 0 Å². The Morgan fingerprint density at radius 2 is 1.58 bits per heavy atom. The van der Waals surface area contributed by atoms with Gasteiger partial charge in [-0.15, -0.1) is 0 Å². The van der Waals surface area contributed by atoms with Crippen LogP contribution >= 0.6 is 0 Å². The minimum Gasteiger partial charge on any atom is -0.385 e. The van der Waals surface area contributed by atoms with Gasteiger partial charge in [-0.05, 0) is 18.1 Å². The second kappa shape index (κ2) is 10.7. The second-order valence-corrected chi connectivity index (χ2v) is 5.19. The number of hydrogen-bond acceptors (Lipinski definition) is 1. The fourth-order valence-electron chi connectivity index (χ4n) is 2.32. The number of unbranched alkanes of at least 4 members (excludes halogenated alkanes) is 7. The van der Waals surface area contributed by atoms with Gasteiger partial charge >= 0.3 is 0 Å². The minimum absolute atomic E-state index is 1.07. The van der Waals surface area contributed by atoms with Crippen molar-refractivity contribution in [2.75, 3.05) is 11.9 Å². The molecule has 0 radical (unpaired) electrons. The van der Waals surface area contributed by atoms with Gasteiger partial charge in [0.25, 0.3) is 0 Å². The Morgan fingerprint density at radius 3 is 2.26 bits per heavy atom. The number of para-hydroxylation sites is 1. The highest BCUT2D eigenvalue weighted by atomic mass is 14.9. The van der Waals surface area contributed by atoms with Crippen molar-refractivity contribution in [1.29, 1.82) is 0 Å². The van der Waals surface area contributed by atoms with Gasteiger partial charge in [-0.2, -0.15) is 0 Å². The van der Waals surface area contributed by atoms with Crippen LogP contribution in [0.2, 0.25) is 0 Å². The van der Waals surface area contributed by atoms with Crippen molar-refractivity contribution >= 4 is 11.8 Å². The molecule has 0 bridgehead atoms. The van der Waals surface area contributed by atoms with Gasteiger partial charge in [0.2, 0.25) is 0 Å². The van der Waals surface area contributed by atoms with Crippen LogP contribution in [-0.2, 0) is 0 Å². The highest BCUT2D eigenvalue weighted by molar-refractivity contribution is 5.65. The summed E-state index contributed by atoms with van der Waals surface area (Å²) in [6.07, 6.45) is 12.9. The molecule has 0 fully saturated rings. The molecule has 0 saturated heterocycles. The standard InChI is InChI=1S/C18H29N/c1-3-5-6-7-8-9-10-13-16-19-18-15-12-11-14-17(18)4-2/h4,11-12,14-15,19H,2-3,5-10,13,16H2,1H3. The number of benzene rings is 1. The van der Waals surface area contributed by atoms with E-state index in [1.807, 2.05) is 6.08 Å². The van der Waals surface area contributed by atoms with E-state index in [-0.39, 0.29) is 0 Å².